The van der Waals surface area contributed by atoms with Crippen LogP contribution in [0.25, 0.3) is 11.3 Å². The highest BCUT2D eigenvalue weighted by molar-refractivity contribution is 5.94. The number of fused-ring (bicyclic) bond motifs is 1. The second-order valence-electron chi connectivity index (χ2n) is 8.64. The van der Waals surface area contributed by atoms with E-state index in [1.807, 2.05) is 31.1 Å². The van der Waals surface area contributed by atoms with Gasteiger partial charge in [-0.1, -0.05) is 12.1 Å². The maximum atomic E-state index is 13.6. The Morgan fingerprint density at radius 1 is 1.03 bits per heavy atom. The van der Waals surface area contributed by atoms with E-state index < -0.39 is 0 Å². The molecule has 0 radical (unpaired) electrons. The van der Waals surface area contributed by atoms with Gasteiger partial charge in [-0.05, 0) is 42.5 Å². The Bertz CT molecular complexity index is 1170. The van der Waals surface area contributed by atoms with Crippen LogP contribution < -0.4 is 15.5 Å². The van der Waals surface area contributed by atoms with Crippen LogP contribution in [-0.4, -0.2) is 67.5 Å². The summed E-state index contributed by atoms with van der Waals surface area (Å²) >= 11 is 0. The number of rotatable bonds is 6. The molecule has 3 heterocycles. The molecule has 2 aliphatic rings. The zero-order valence-electron chi connectivity index (χ0n) is 18.9. The Kier molecular flexibility index (Phi) is 6.12. The zero-order chi connectivity index (χ0) is 23.7. The molecule has 1 aromatic heterocycles. The molecule has 1 amide bonds. The monoisotopic (exact) mass is 463 g/mol. The molecule has 0 spiro atoms. The Labute approximate surface area is 197 Å². The van der Waals surface area contributed by atoms with Gasteiger partial charge in [0, 0.05) is 37.1 Å². The van der Waals surface area contributed by atoms with Crippen LogP contribution in [0.3, 0.4) is 0 Å². The molecule has 2 aromatic carbocycles. The molecule has 4 atom stereocenters. The summed E-state index contributed by atoms with van der Waals surface area (Å²) in [4.78, 5) is 23.5. The minimum absolute atomic E-state index is 0.161. The van der Waals surface area contributed by atoms with Crippen LogP contribution in [0.15, 0.2) is 60.8 Å². The first-order valence-corrected chi connectivity index (χ1v) is 11.1. The van der Waals surface area contributed by atoms with Gasteiger partial charge >= 0.3 is 0 Å². The highest BCUT2D eigenvalue weighted by atomic mass is 19.1. The number of ether oxygens (including phenoxy) is 2. The fourth-order valence-corrected chi connectivity index (χ4v) is 4.31. The van der Waals surface area contributed by atoms with Crippen LogP contribution in [0.5, 0.6) is 0 Å². The molecule has 0 unspecified atom stereocenters. The third-order valence-corrected chi connectivity index (χ3v) is 6.11. The fraction of sp³-hybridized carbons (Fsp3) is 0.320. The third-order valence-electron chi connectivity index (χ3n) is 6.11. The van der Waals surface area contributed by atoms with Crippen LogP contribution in [0.2, 0.25) is 0 Å². The topological polar surface area (TPSA) is 88.6 Å². The summed E-state index contributed by atoms with van der Waals surface area (Å²) in [5.74, 6) is -0.0717. The molecular weight excluding hydrogens is 437 g/mol. The Morgan fingerprint density at radius 2 is 1.76 bits per heavy atom. The smallest absolute Gasteiger partial charge is 0.251 e. The van der Waals surface area contributed by atoms with Crippen molar-refractivity contribution < 1.29 is 18.7 Å². The second kappa shape index (κ2) is 9.36. The Balaban J connectivity index is 1.22. The van der Waals surface area contributed by atoms with Gasteiger partial charge in [0.15, 0.2) is 0 Å². The van der Waals surface area contributed by atoms with Crippen LogP contribution in [0, 0.1) is 5.82 Å². The number of carbonyl (C=O) groups excluding carboxylic acids is 1. The number of hydrogen-bond donors (Lipinski definition) is 2. The Morgan fingerprint density at radius 3 is 2.50 bits per heavy atom. The van der Waals surface area contributed by atoms with Gasteiger partial charge in [-0.2, -0.15) is 0 Å². The maximum absolute atomic E-state index is 13.6. The number of anilines is 2. The number of halogens is 1. The summed E-state index contributed by atoms with van der Waals surface area (Å²) in [6.07, 6.45) is 1.11. The van der Waals surface area contributed by atoms with Gasteiger partial charge in [0.05, 0.1) is 31.0 Å². The van der Waals surface area contributed by atoms with E-state index in [9.17, 15) is 9.18 Å². The lowest BCUT2D eigenvalue weighted by atomic mass is 10.1. The van der Waals surface area contributed by atoms with E-state index in [-0.39, 0.29) is 36.0 Å². The van der Waals surface area contributed by atoms with Crippen LogP contribution >= 0.6 is 0 Å². The van der Waals surface area contributed by atoms with Crippen LogP contribution in [0.4, 0.5) is 16.0 Å². The van der Waals surface area contributed by atoms with Crippen molar-refractivity contribution in [2.45, 2.75) is 24.3 Å². The van der Waals surface area contributed by atoms with Gasteiger partial charge in [0.1, 0.15) is 18.0 Å². The minimum Gasteiger partial charge on any atom is -0.378 e. The average Bonchev–Trinajstić information content (AvgIpc) is 3.42. The first-order valence-electron chi connectivity index (χ1n) is 11.1. The summed E-state index contributed by atoms with van der Waals surface area (Å²) in [6.45, 7) is 0.756. The summed E-state index contributed by atoms with van der Waals surface area (Å²) in [5, 5.41) is 6.31. The Hall–Kier alpha value is -3.56. The lowest BCUT2D eigenvalue weighted by molar-refractivity contribution is 0.0652. The molecule has 3 aromatic rings. The van der Waals surface area contributed by atoms with Gasteiger partial charge in [-0.3, -0.25) is 4.79 Å². The number of amides is 1. The van der Waals surface area contributed by atoms with E-state index in [1.54, 1.807) is 36.5 Å². The average molecular weight is 464 g/mol. The highest BCUT2D eigenvalue weighted by Gasteiger charge is 2.48. The minimum atomic E-state index is -0.321. The molecule has 34 heavy (non-hydrogen) atoms. The van der Waals surface area contributed by atoms with Gasteiger partial charge in [-0.25, -0.2) is 14.4 Å². The molecular formula is C25H26FN5O3. The van der Waals surface area contributed by atoms with Crippen molar-refractivity contribution in [1.29, 1.82) is 0 Å². The molecule has 2 N–H and O–H groups in total. The number of carbonyl (C=O) groups is 1. The summed E-state index contributed by atoms with van der Waals surface area (Å²) in [7, 11) is 3.91. The lowest BCUT2D eigenvalue weighted by Crippen LogP contribution is -2.44. The molecule has 8 nitrogen and oxygen atoms in total. The number of benzene rings is 2. The van der Waals surface area contributed by atoms with Crippen molar-refractivity contribution in [3.63, 3.8) is 0 Å². The highest BCUT2D eigenvalue weighted by Crippen LogP contribution is 2.29. The molecule has 2 fully saturated rings. The number of nitrogens with one attached hydrogen (secondary N) is 2. The van der Waals surface area contributed by atoms with Crippen molar-refractivity contribution in [2.75, 3.05) is 37.5 Å². The SMILES string of the molecule is CN(C)c1ccc(C(=O)N[C@H]2CO[C@H]3[C@@H]2OC[C@@H]3Nc2nccc(-c3cccc(F)c3)n2)cc1. The molecule has 5 rings (SSSR count). The molecule has 9 heteroatoms. The summed E-state index contributed by atoms with van der Waals surface area (Å²) in [6, 6.07) is 15.0. The largest absolute Gasteiger partial charge is 0.378 e. The van der Waals surface area contributed by atoms with E-state index in [0.717, 1.165) is 5.69 Å². The maximum Gasteiger partial charge on any atom is 0.251 e. The van der Waals surface area contributed by atoms with E-state index in [4.69, 9.17) is 9.47 Å². The van der Waals surface area contributed by atoms with Crippen molar-refractivity contribution in [1.82, 2.24) is 15.3 Å². The van der Waals surface area contributed by atoms with E-state index in [1.165, 1.54) is 12.1 Å². The van der Waals surface area contributed by atoms with E-state index in [0.29, 0.717) is 36.0 Å². The number of aromatic nitrogens is 2. The van der Waals surface area contributed by atoms with Crippen molar-refractivity contribution >= 4 is 17.5 Å². The predicted octanol–water partition coefficient (Wildman–Crippen LogP) is 2.73. The van der Waals surface area contributed by atoms with Gasteiger partial charge in [0.25, 0.3) is 5.91 Å². The van der Waals surface area contributed by atoms with Gasteiger partial charge in [-0.15, -0.1) is 0 Å². The fourth-order valence-electron chi connectivity index (χ4n) is 4.31. The van der Waals surface area contributed by atoms with E-state index >= 15 is 0 Å². The van der Waals surface area contributed by atoms with Crippen LogP contribution in [-0.2, 0) is 9.47 Å². The number of nitrogens with zero attached hydrogens (tertiary/aromatic N) is 3. The molecule has 2 aliphatic heterocycles. The standard InChI is InChI=1S/C25H26FN5O3/c1-31(2)18-8-6-15(7-9-18)24(32)28-20-13-33-23-21(14-34-22(20)23)30-25-27-11-10-19(29-25)16-4-3-5-17(26)12-16/h3-12,20-23H,13-14H2,1-2H3,(H,28,32)(H,27,29,30)/t20-,21-,22+,23+/m0/s1. The summed E-state index contributed by atoms with van der Waals surface area (Å²) < 4.78 is 25.5. The van der Waals surface area contributed by atoms with Gasteiger partial charge < -0.3 is 25.0 Å². The quantitative estimate of drug-likeness (QED) is 0.581. The zero-order valence-corrected chi connectivity index (χ0v) is 18.9. The van der Waals surface area contributed by atoms with Crippen molar-refractivity contribution in [2.24, 2.45) is 0 Å². The van der Waals surface area contributed by atoms with Crippen LogP contribution in [0.1, 0.15) is 10.4 Å². The second-order valence-corrected chi connectivity index (χ2v) is 8.64. The van der Waals surface area contributed by atoms with E-state index in [2.05, 4.69) is 20.6 Å². The molecule has 176 valence electrons. The normalized spacial score (nSPS) is 23.4. The molecule has 2 saturated heterocycles. The third kappa shape index (κ3) is 4.57. The number of hydrogen-bond acceptors (Lipinski definition) is 7. The first-order chi connectivity index (χ1) is 16.5. The predicted molar refractivity (Wildman–Crippen MR) is 126 cm³/mol. The molecule has 0 saturated carbocycles. The summed E-state index contributed by atoms with van der Waals surface area (Å²) in [5.41, 5.74) is 2.90. The van der Waals surface area contributed by atoms with Crippen molar-refractivity contribution in [3.05, 3.63) is 72.2 Å². The van der Waals surface area contributed by atoms with Crippen molar-refractivity contribution in [3.8, 4) is 11.3 Å². The molecule has 0 bridgehead atoms. The lowest BCUT2D eigenvalue weighted by Gasteiger charge is -2.19. The van der Waals surface area contributed by atoms with Gasteiger partial charge in [0.2, 0.25) is 5.95 Å². The molecule has 0 aliphatic carbocycles. The first kappa shape index (κ1) is 22.2.